The summed E-state index contributed by atoms with van der Waals surface area (Å²) in [5, 5.41) is 0. The Hall–Kier alpha value is 1.87. The molecule has 0 unspecified atom stereocenters. The first-order valence-electron chi connectivity index (χ1n) is 0. The van der Waals surface area contributed by atoms with Crippen LogP contribution in [0.1, 0.15) is 0 Å². The van der Waals surface area contributed by atoms with Crippen molar-refractivity contribution in [2.45, 2.75) is 0 Å². The molecule has 0 aliphatic rings. The molecule has 0 radical (unpaired) electrons. The van der Waals surface area contributed by atoms with Gasteiger partial charge in [0.2, 0.25) is 0 Å². The van der Waals surface area contributed by atoms with Crippen LogP contribution in [0.5, 0.6) is 0 Å². The van der Waals surface area contributed by atoms with Gasteiger partial charge in [-0.2, -0.15) is 0 Å². The summed E-state index contributed by atoms with van der Waals surface area (Å²) in [5.74, 6) is 0. The van der Waals surface area contributed by atoms with Crippen molar-refractivity contribution in [1.29, 1.82) is 0 Å². The van der Waals surface area contributed by atoms with E-state index in [0.717, 1.165) is 0 Å². The third kappa shape index (κ3) is 77.5. The second kappa shape index (κ2) is 106. The van der Waals surface area contributed by atoms with E-state index in [0.29, 0.717) is 0 Å². The molecule has 0 aromatic heterocycles. The molecule has 0 rings (SSSR count). The average molecular weight is 173 g/mol. The van der Waals surface area contributed by atoms with Crippen molar-refractivity contribution in [2.75, 3.05) is 0 Å². The molecule has 7 heteroatoms. The van der Waals surface area contributed by atoms with E-state index >= 15 is 0 Å². The van der Waals surface area contributed by atoms with Gasteiger partial charge in [0.1, 0.15) is 0 Å². The topological polar surface area (TPSA) is 0 Å². The van der Waals surface area contributed by atoms with Crippen molar-refractivity contribution in [3.8, 4) is 0 Å². The summed E-state index contributed by atoms with van der Waals surface area (Å²) in [4.78, 5) is 0. The zero-order chi connectivity index (χ0) is 0. The Morgan fingerprint density at radius 3 is 0.286 bits per heavy atom. The Morgan fingerprint density at radius 2 is 0.286 bits per heavy atom. The Bertz CT molecular complexity index is 4.14. The zero-order valence-corrected chi connectivity index (χ0v) is 0. The minimum absolute atomic E-state index is 0. The van der Waals surface area contributed by atoms with E-state index in [9.17, 15) is 0 Å². The maximum atomic E-state index is 0. The van der Waals surface area contributed by atoms with E-state index in [1.807, 2.05) is 0 Å². The second-order valence-electron chi connectivity index (χ2n) is 0. The third-order valence-electron chi connectivity index (χ3n) is 0. The third-order valence-corrected chi connectivity index (χ3v) is 0. The van der Waals surface area contributed by atoms with Gasteiger partial charge in [0.25, 0.3) is 0 Å². The molecule has 0 heterocycles. The van der Waals surface area contributed by atoms with Gasteiger partial charge < -0.3 is 0 Å². The van der Waals surface area contributed by atoms with E-state index in [1.165, 1.54) is 0 Å². The average Bonchev–Trinajstić information content (AvgIpc) is 0. The molecule has 0 aliphatic heterocycles. The van der Waals surface area contributed by atoms with Crippen LogP contribution in [0.2, 0.25) is 0 Å². The molecular formula is H20B6Sr. The molecule has 0 aliphatic carbocycles. The summed E-state index contributed by atoms with van der Waals surface area (Å²) in [5.41, 5.74) is 0. The number of rotatable bonds is 0. The van der Waals surface area contributed by atoms with Crippen LogP contribution in [-0.2, 0) is 0 Å². The predicted molar refractivity (Wildman–Crippen MR) is 68.2 cm³/mol. The van der Waals surface area contributed by atoms with Gasteiger partial charge in [0, 0.05) is 0 Å². The summed E-state index contributed by atoms with van der Waals surface area (Å²) in [6.45, 7) is 0. The minimum atomic E-state index is 0. The van der Waals surface area contributed by atoms with E-state index < -0.39 is 0 Å². The molecule has 7 heavy (non-hydrogen) atoms. The number of hydrogen-bond acceptors (Lipinski definition) is 0. The second-order valence-corrected chi connectivity index (χ2v) is 0. The van der Waals surface area contributed by atoms with E-state index in [2.05, 4.69) is 0 Å². The Balaban J connectivity index is 0. The fraction of sp³-hybridized carbons (Fsp3) is 0. The van der Waals surface area contributed by atoms with Crippen LogP contribution < -0.4 is 0 Å². The molecule has 0 aromatic rings. The molecule has 0 spiro atoms. The Labute approximate surface area is 94.7 Å². The zero-order valence-electron chi connectivity index (χ0n) is 0. The summed E-state index contributed by atoms with van der Waals surface area (Å²) >= 11 is 0. The molecular weight excluding hydrogens is 152 g/mol. The van der Waals surface area contributed by atoms with Crippen LogP contribution in [0.4, 0.5) is 0 Å². The van der Waals surface area contributed by atoms with Crippen molar-refractivity contribution < 1.29 is 0 Å². The van der Waals surface area contributed by atoms with Crippen molar-refractivity contribution in [2.24, 2.45) is 0 Å². The van der Waals surface area contributed by atoms with Crippen LogP contribution in [0.3, 0.4) is 0 Å². The van der Waals surface area contributed by atoms with Crippen LogP contribution >= 0.6 is 0 Å². The van der Waals surface area contributed by atoms with Crippen LogP contribution in [0.25, 0.3) is 0 Å². The van der Waals surface area contributed by atoms with Gasteiger partial charge in [-0.25, -0.2) is 0 Å². The van der Waals surface area contributed by atoms with E-state index in [-0.39, 0.29) is 96.0 Å². The van der Waals surface area contributed by atoms with Crippen LogP contribution in [0, 0.1) is 0 Å². The normalized spacial score (nSPS) is 0. The van der Waals surface area contributed by atoms with Gasteiger partial charge in [-0.1, -0.05) is 0 Å². The fourth-order valence-corrected chi connectivity index (χ4v) is 0. The van der Waals surface area contributed by atoms with Crippen molar-refractivity contribution in [3.05, 3.63) is 0 Å². The summed E-state index contributed by atoms with van der Waals surface area (Å²) < 4.78 is 0. The van der Waals surface area contributed by atoms with Crippen molar-refractivity contribution >= 4 is 96.0 Å². The molecule has 0 N–H and O–H groups in total. The van der Waals surface area contributed by atoms with Crippen molar-refractivity contribution in [3.63, 3.8) is 0 Å². The summed E-state index contributed by atoms with van der Waals surface area (Å²) in [7, 11) is 0. The van der Waals surface area contributed by atoms with Gasteiger partial charge in [0.05, 0.1) is 50.5 Å². The molecule has 0 fully saturated rings. The van der Waals surface area contributed by atoms with Gasteiger partial charge in [-0.3, -0.25) is 0 Å². The molecule has 0 bridgehead atoms. The molecule has 0 saturated heterocycles. The Morgan fingerprint density at radius 1 is 0.286 bits per heavy atom. The Kier molecular flexibility index (Phi) is 2380. The SMILES string of the molecule is B.B.B.B.B.B.[SrH2]. The number of hydrogen-bond donors (Lipinski definition) is 0. The van der Waals surface area contributed by atoms with E-state index in [4.69, 9.17) is 0 Å². The van der Waals surface area contributed by atoms with Gasteiger partial charge in [-0.05, 0) is 0 Å². The van der Waals surface area contributed by atoms with Gasteiger partial charge in [0.15, 0.2) is 0 Å². The molecule has 0 amide bonds. The van der Waals surface area contributed by atoms with E-state index in [1.54, 1.807) is 0 Å². The standard InChI is InChI=1S/6BH3.Sr.2H/h6*1H3;;;. The molecule has 0 aromatic carbocycles. The monoisotopic (exact) mass is 174 g/mol. The molecule has 0 saturated carbocycles. The first-order valence-corrected chi connectivity index (χ1v) is 0. The van der Waals surface area contributed by atoms with Crippen LogP contribution in [-0.4, -0.2) is 96.0 Å². The van der Waals surface area contributed by atoms with Crippen LogP contribution in [0.15, 0.2) is 0 Å². The van der Waals surface area contributed by atoms with Gasteiger partial charge >= 0.3 is 45.5 Å². The molecule has 40 valence electrons. The molecule has 0 atom stereocenters. The predicted octanol–water partition coefficient (Wildman–Crippen LogP) is -8.02. The maximum absolute atomic E-state index is 0. The quantitative estimate of drug-likeness (QED) is 0.319. The van der Waals surface area contributed by atoms with Crippen molar-refractivity contribution in [1.82, 2.24) is 0 Å². The first kappa shape index (κ1) is 157. The fourth-order valence-electron chi connectivity index (χ4n) is 0. The summed E-state index contributed by atoms with van der Waals surface area (Å²) in [6, 6.07) is 0. The summed E-state index contributed by atoms with van der Waals surface area (Å²) in [6.07, 6.45) is 0. The first-order chi connectivity index (χ1) is 0. The van der Waals surface area contributed by atoms with Gasteiger partial charge in [-0.15, -0.1) is 0 Å². The molecule has 0 nitrogen and oxygen atoms in total.